The van der Waals surface area contributed by atoms with Crippen LogP contribution in [0.25, 0.3) is 0 Å². The first-order valence-corrected chi connectivity index (χ1v) is 3.97. The maximum Gasteiger partial charge on any atom is 0.0545 e. The van der Waals surface area contributed by atoms with E-state index in [-0.39, 0.29) is 0 Å². The van der Waals surface area contributed by atoms with Crippen LogP contribution in [0.2, 0.25) is 0 Å². The van der Waals surface area contributed by atoms with Crippen LogP contribution in [0.4, 0.5) is 0 Å². The predicted octanol–water partition coefficient (Wildman–Crippen LogP) is 1.89. The molecule has 0 radical (unpaired) electrons. The van der Waals surface area contributed by atoms with Gasteiger partial charge in [-0.1, -0.05) is 24.3 Å². The standard InChI is InChI=1S/C10H14N2/c1-9-6-4-5-7-10(9)8-11-12(2)3/h4-8H,1-3H3. The Morgan fingerprint density at radius 3 is 2.50 bits per heavy atom. The van der Waals surface area contributed by atoms with Crippen molar-refractivity contribution in [1.29, 1.82) is 0 Å². The molecule has 0 aliphatic carbocycles. The summed E-state index contributed by atoms with van der Waals surface area (Å²) in [5, 5.41) is 5.95. The third-order valence-corrected chi connectivity index (χ3v) is 1.62. The maximum atomic E-state index is 4.16. The number of nitrogens with zero attached hydrogens (tertiary/aromatic N) is 2. The number of hydrogen-bond acceptors (Lipinski definition) is 2. The lowest BCUT2D eigenvalue weighted by molar-refractivity contribution is 0.440. The quantitative estimate of drug-likeness (QED) is 0.479. The molecule has 0 saturated carbocycles. The molecule has 0 fully saturated rings. The molecule has 0 aromatic heterocycles. The van der Waals surface area contributed by atoms with Crippen molar-refractivity contribution in [2.24, 2.45) is 5.10 Å². The summed E-state index contributed by atoms with van der Waals surface area (Å²) in [5.41, 5.74) is 2.43. The van der Waals surface area contributed by atoms with E-state index in [1.54, 1.807) is 5.01 Å². The Hall–Kier alpha value is -1.31. The Kier molecular flexibility index (Phi) is 2.86. The number of aryl methyl sites for hydroxylation is 1. The summed E-state index contributed by atoms with van der Waals surface area (Å²) in [7, 11) is 3.82. The summed E-state index contributed by atoms with van der Waals surface area (Å²) in [5.74, 6) is 0. The van der Waals surface area contributed by atoms with Gasteiger partial charge in [0.05, 0.1) is 6.21 Å². The van der Waals surface area contributed by atoms with Crippen LogP contribution in [-0.2, 0) is 0 Å². The zero-order valence-corrected chi connectivity index (χ0v) is 7.78. The van der Waals surface area contributed by atoms with Gasteiger partial charge >= 0.3 is 0 Å². The zero-order chi connectivity index (χ0) is 8.97. The van der Waals surface area contributed by atoms with Gasteiger partial charge in [0.2, 0.25) is 0 Å². The maximum absolute atomic E-state index is 4.16. The Bertz CT molecular complexity index is 277. The monoisotopic (exact) mass is 162 g/mol. The molecule has 0 heterocycles. The lowest BCUT2D eigenvalue weighted by atomic mass is 10.1. The molecule has 1 aromatic carbocycles. The highest BCUT2D eigenvalue weighted by atomic mass is 15.4. The minimum atomic E-state index is 1.17. The summed E-state index contributed by atoms with van der Waals surface area (Å²) in [6.07, 6.45) is 1.87. The van der Waals surface area contributed by atoms with E-state index in [2.05, 4.69) is 24.2 Å². The summed E-state index contributed by atoms with van der Waals surface area (Å²) in [6.45, 7) is 2.08. The average molecular weight is 162 g/mol. The van der Waals surface area contributed by atoms with Gasteiger partial charge in [0.1, 0.15) is 0 Å². The van der Waals surface area contributed by atoms with Crippen LogP contribution in [0.3, 0.4) is 0 Å². The van der Waals surface area contributed by atoms with E-state index in [1.807, 2.05) is 32.4 Å². The average Bonchev–Trinajstić information content (AvgIpc) is 2.03. The molecule has 0 N–H and O–H groups in total. The topological polar surface area (TPSA) is 15.6 Å². The molecule has 12 heavy (non-hydrogen) atoms. The largest absolute Gasteiger partial charge is 0.303 e. The SMILES string of the molecule is Cc1ccccc1C=NN(C)C. The molecule has 0 aliphatic heterocycles. The molecular weight excluding hydrogens is 148 g/mol. The fourth-order valence-electron chi connectivity index (χ4n) is 0.909. The summed E-state index contributed by atoms with van der Waals surface area (Å²) < 4.78 is 0. The van der Waals surface area contributed by atoms with E-state index in [9.17, 15) is 0 Å². The fourth-order valence-corrected chi connectivity index (χ4v) is 0.909. The third kappa shape index (κ3) is 2.38. The lowest BCUT2D eigenvalue weighted by Gasteiger charge is -2.03. The summed E-state index contributed by atoms with van der Waals surface area (Å²) in [4.78, 5) is 0. The zero-order valence-electron chi connectivity index (χ0n) is 7.78. The molecule has 1 rings (SSSR count). The first kappa shape index (κ1) is 8.78. The van der Waals surface area contributed by atoms with Crippen molar-refractivity contribution in [2.75, 3.05) is 14.1 Å². The van der Waals surface area contributed by atoms with Crippen LogP contribution in [-0.4, -0.2) is 25.3 Å². The van der Waals surface area contributed by atoms with Crippen molar-refractivity contribution in [2.45, 2.75) is 6.92 Å². The van der Waals surface area contributed by atoms with Gasteiger partial charge in [0.15, 0.2) is 0 Å². The number of hydrazone groups is 1. The van der Waals surface area contributed by atoms with Crippen molar-refractivity contribution in [3.05, 3.63) is 35.4 Å². The highest BCUT2D eigenvalue weighted by Crippen LogP contribution is 2.03. The molecule has 0 spiro atoms. The predicted molar refractivity (Wildman–Crippen MR) is 52.5 cm³/mol. The van der Waals surface area contributed by atoms with Crippen molar-refractivity contribution < 1.29 is 0 Å². The Balaban J connectivity index is 2.82. The second-order valence-corrected chi connectivity index (χ2v) is 2.95. The van der Waals surface area contributed by atoms with Crippen LogP contribution >= 0.6 is 0 Å². The van der Waals surface area contributed by atoms with Gasteiger partial charge in [-0.3, -0.25) is 0 Å². The molecule has 0 saturated heterocycles. The highest BCUT2D eigenvalue weighted by Gasteiger charge is 1.90. The van der Waals surface area contributed by atoms with Gasteiger partial charge in [0, 0.05) is 14.1 Å². The van der Waals surface area contributed by atoms with E-state index < -0.39 is 0 Å². The Labute approximate surface area is 73.5 Å². The van der Waals surface area contributed by atoms with E-state index in [0.717, 1.165) is 0 Å². The van der Waals surface area contributed by atoms with Gasteiger partial charge in [-0.05, 0) is 18.1 Å². The fraction of sp³-hybridized carbons (Fsp3) is 0.300. The summed E-state index contributed by atoms with van der Waals surface area (Å²) in [6, 6.07) is 8.19. The van der Waals surface area contributed by atoms with Crippen molar-refractivity contribution in [3.8, 4) is 0 Å². The second kappa shape index (κ2) is 3.90. The van der Waals surface area contributed by atoms with Crippen LogP contribution in [0.15, 0.2) is 29.4 Å². The molecule has 0 atom stereocenters. The normalized spacial score (nSPS) is 10.6. The molecule has 2 heteroatoms. The smallest absolute Gasteiger partial charge is 0.0545 e. The molecular formula is C10H14N2. The minimum Gasteiger partial charge on any atom is -0.303 e. The van der Waals surface area contributed by atoms with Crippen LogP contribution in [0.5, 0.6) is 0 Å². The Morgan fingerprint density at radius 2 is 1.92 bits per heavy atom. The van der Waals surface area contributed by atoms with E-state index in [4.69, 9.17) is 0 Å². The molecule has 0 unspecified atom stereocenters. The van der Waals surface area contributed by atoms with E-state index in [0.29, 0.717) is 0 Å². The molecule has 64 valence electrons. The lowest BCUT2D eigenvalue weighted by Crippen LogP contribution is -2.02. The number of rotatable bonds is 2. The van der Waals surface area contributed by atoms with E-state index >= 15 is 0 Å². The summed E-state index contributed by atoms with van der Waals surface area (Å²) >= 11 is 0. The molecule has 0 bridgehead atoms. The van der Waals surface area contributed by atoms with Gasteiger partial charge in [-0.15, -0.1) is 0 Å². The first-order valence-electron chi connectivity index (χ1n) is 3.97. The third-order valence-electron chi connectivity index (χ3n) is 1.62. The minimum absolute atomic E-state index is 1.17. The van der Waals surface area contributed by atoms with Gasteiger partial charge in [-0.2, -0.15) is 5.10 Å². The van der Waals surface area contributed by atoms with E-state index in [1.165, 1.54) is 11.1 Å². The molecule has 0 aliphatic rings. The molecule has 1 aromatic rings. The highest BCUT2D eigenvalue weighted by molar-refractivity contribution is 5.81. The second-order valence-electron chi connectivity index (χ2n) is 2.95. The van der Waals surface area contributed by atoms with Crippen molar-refractivity contribution >= 4 is 6.21 Å². The van der Waals surface area contributed by atoms with Crippen molar-refractivity contribution in [3.63, 3.8) is 0 Å². The number of hydrogen-bond donors (Lipinski definition) is 0. The van der Waals surface area contributed by atoms with Crippen LogP contribution in [0, 0.1) is 6.92 Å². The number of benzene rings is 1. The Morgan fingerprint density at radius 1 is 1.25 bits per heavy atom. The molecule has 0 amide bonds. The van der Waals surface area contributed by atoms with Gasteiger partial charge < -0.3 is 5.01 Å². The molecule has 2 nitrogen and oxygen atoms in total. The van der Waals surface area contributed by atoms with Crippen LogP contribution in [0.1, 0.15) is 11.1 Å². The van der Waals surface area contributed by atoms with Gasteiger partial charge in [-0.25, -0.2) is 0 Å². The first-order chi connectivity index (χ1) is 5.70. The van der Waals surface area contributed by atoms with Crippen LogP contribution < -0.4 is 0 Å². The van der Waals surface area contributed by atoms with Gasteiger partial charge in [0.25, 0.3) is 0 Å². The van der Waals surface area contributed by atoms with Crippen molar-refractivity contribution in [1.82, 2.24) is 5.01 Å².